The molecule has 1 saturated heterocycles. The van der Waals surface area contributed by atoms with Gasteiger partial charge in [0.2, 0.25) is 0 Å². The normalized spacial score (nSPS) is 20.5. The van der Waals surface area contributed by atoms with Crippen LogP contribution in [-0.2, 0) is 9.53 Å². The monoisotopic (exact) mass is 299 g/mol. The molecule has 0 bridgehead atoms. The molecule has 1 aliphatic heterocycles. The van der Waals surface area contributed by atoms with E-state index in [1.165, 1.54) is 0 Å². The number of ether oxygens (including phenoxy) is 1. The van der Waals surface area contributed by atoms with E-state index in [1.807, 2.05) is 20.8 Å². The zero-order chi connectivity index (χ0) is 15.9. The maximum Gasteiger partial charge on any atom is 0.327 e. The fourth-order valence-corrected chi connectivity index (χ4v) is 2.97. The van der Waals surface area contributed by atoms with Gasteiger partial charge in [-0.25, -0.2) is 0 Å². The van der Waals surface area contributed by atoms with Crippen LogP contribution in [0.25, 0.3) is 0 Å². The van der Waals surface area contributed by atoms with Crippen molar-refractivity contribution in [3.05, 3.63) is 0 Å². The lowest BCUT2D eigenvalue weighted by Gasteiger charge is -2.39. The van der Waals surface area contributed by atoms with E-state index in [4.69, 9.17) is 4.74 Å². The molecule has 0 aromatic rings. The maximum atomic E-state index is 12.2. The average Bonchev–Trinajstić information content (AvgIpc) is 2.41. The largest absolute Gasteiger partial charge is 0.465 e. The van der Waals surface area contributed by atoms with Gasteiger partial charge < -0.3 is 15.0 Å². The van der Waals surface area contributed by atoms with Crippen LogP contribution in [0.1, 0.15) is 34.6 Å². The van der Waals surface area contributed by atoms with Crippen molar-refractivity contribution >= 4 is 5.97 Å². The predicted molar refractivity (Wildman–Crippen MR) is 86.4 cm³/mol. The first-order valence-corrected chi connectivity index (χ1v) is 8.28. The van der Waals surface area contributed by atoms with Crippen molar-refractivity contribution in [2.45, 2.75) is 40.2 Å². The summed E-state index contributed by atoms with van der Waals surface area (Å²) in [5, 5.41) is 3.30. The fourth-order valence-electron chi connectivity index (χ4n) is 2.97. The molecule has 1 atom stereocenters. The van der Waals surface area contributed by atoms with Crippen LogP contribution in [0.3, 0.4) is 0 Å². The SMILES string of the molecule is CCNC(C)(CN1CCN(CC(C)C)CC1)C(=O)OCC. The topological polar surface area (TPSA) is 44.8 Å². The molecule has 1 N–H and O–H groups in total. The minimum absolute atomic E-state index is 0.142. The van der Waals surface area contributed by atoms with Gasteiger partial charge in [0, 0.05) is 39.3 Å². The Hall–Kier alpha value is -0.650. The van der Waals surface area contributed by atoms with E-state index in [-0.39, 0.29) is 5.97 Å². The van der Waals surface area contributed by atoms with Gasteiger partial charge in [-0.1, -0.05) is 20.8 Å². The summed E-state index contributed by atoms with van der Waals surface area (Å²) >= 11 is 0. The highest BCUT2D eigenvalue weighted by Gasteiger charge is 2.36. The first kappa shape index (κ1) is 18.4. The van der Waals surface area contributed by atoms with Crippen molar-refractivity contribution < 1.29 is 9.53 Å². The third kappa shape index (κ3) is 5.93. The molecule has 124 valence electrons. The molecule has 1 heterocycles. The Balaban J connectivity index is 2.51. The van der Waals surface area contributed by atoms with E-state index in [9.17, 15) is 4.79 Å². The number of nitrogens with one attached hydrogen (secondary N) is 1. The van der Waals surface area contributed by atoms with Crippen molar-refractivity contribution in [3.8, 4) is 0 Å². The molecule has 5 heteroatoms. The average molecular weight is 299 g/mol. The van der Waals surface area contributed by atoms with Crippen LogP contribution >= 0.6 is 0 Å². The molecule has 21 heavy (non-hydrogen) atoms. The molecule has 1 aliphatic rings. The third-order valence-electron chi connectivity index (χ3n) is 3.92. The number of piperazine rings is 1. The summed E-state index contributed by atoms with van der Waals surface area (Å²) in [4.78, 5) is 17.1. The van der Waals surface area contributed by atoms with Gasteiger partial charge in [-0.15, -0.1) is 0 Å². The molecule has 0 saturated carbocycles. The molecule has 1 unspecified atom stereocenters. The van der Waals surface area contributed by atoms with Gasteiger partial charge in [-0.2, -0.15) is 0 Å². The van der Waals surface area contributed by atoms with Crippen LogP contribution < -0.4 is 5.32 Å². The number of hydrogen-bond acceptors (Lipinski definition) is 5. The van der Waals surface area contributed by atoms with Crippen molar-refractivity contribution in [2.24, 2.45) is 5.92 Å². The molecule has 0 amide bonds. The molecule has 0 aliphatic carbocycles. The Morgan fingerprint density at radius 2 is 1.76 bits per heavy atom. The Morgan fingerprint density at radius 1 is 1.19 bits per heavy atom. The van der Waals surface area contributed by atoms with Crippen LogP contribution in [0.5, 0.6) is 0 Å². The predicted octanol–water partition coefficient (Wildman–Crippen LogP) is 1.19. The number of rotatable bonds is 8. The summed E-state index contributed by atoms with van der Waals surface area (Å²) in [5.41, 5.74) is -0.606. The van der Waals surface area contributed by atoms with E-state index in [0.717, 1.165) is 45.8 Å². The fraction of sp³-hybridized carbons (Fsp3) is 0.938. The lowest BCUT2D eigenvalue weighted by atomic mass is 10.0. The number of nitrogens with zero attached hydrogens (tertiary/aromatic N) is 2. The highest BCUT2D eigenvalue weighted by Crippen LogP contribution is 2.13. The molecular formula is C16H33N3O2. The van der Waals surface area contributed by atoms with E-state index in [0.29, 0.717) is 12.5 Å². The standard InChI is InChI=1S/C16H33N3O2/c1-6-17-16(5,15(20)21-7-2)13-19-10-8-18(9-11-19)12-14(3)4/h14,17H,6-13H2,1-5H3. The summed E-state index contributed by atoms with van der Waals surface area (Å²) in [6, 6.07) is 0. The van der Waals surface area contributed by atoms with E-state index < -0.39 is 5.54 Å². The summed E-state index contributed by atoms with van der Waals surface area (Å²) in [5.74, 6) is 0.569. The summed E-state index contributed by atoms with van der Waals surface area (Å²) in [7, 11) is 0. The van der Waals surface area contributed by atoms with Crippen LogP contribution in [0.4, 0.5) is 0 Å². The smallest absolute Gasteiger partial charge is 0.327 e. The van der Waals surface area contributed by atoms with Crippen LogP contribution in [-0.4, -0.2) is 73.7 Å². The van der Waals surface area contributed by atoms with E-state index >= 15 is 0 Å². The summed E-state index contributed by atoms with van der Waals surface area (Å²) in [6.45, 7) is 17.6. The Labute approximate surface area is 130 Å². The second kappa shape index (κ2) is 8.71. The van der Waals surface area contributed by atoms with Crippen LogP contribution in [0.2, 0.25) is 0 Å². The molecular weight excluding hydrogens is 266 g/mol. The van der Waals surface area contributed by atoms with Crippen molar-refractivity contribution in [1.82, 2.24) is 15.1 Å². The van der Waals surface area contributed by atoms with Gasteiger partial charge in [0.15, 0.2) is 0 Å². The van der Waals surface area contributed by atoms with Gasteiger partial charge in [-0.05, 0) is 26.3 Å². The Morgan fingerprint density at radius 3 is 2.24 bits per heavy atom. The number of esters is 1. The number of carbonyl (C=O) groups is 1. The van der Waals surface area contributed by atoms with E-state index in [2.05, 4.69) is 29.0 Å². The number of carbonyl (C=O) groups excluding carboxylic acids is 1. The minimum atomic E-state index is -0.606. The first-order chi connectivity index (χ1) is 9.91. The lowest BCUT2D eigenvalue weighted by molar-refractivity contribution is -0.151. The minimum Gasteiger partial charge on any atom is -0.465 e. The van der Waals surface area contributed by atoms with E-state index in [1.54, 1.807) is 0 Å². The Kier molecular flexibility index (Phi) is 7.63. The number of hydrogen-bond donors (Lipinski definition) is 1. The summed E-state index contributed by atoms with van der Waals surface area (Å²) < 4.78 is 5.24. The molecule has 0 aromatic heterocycles. The van der Waals surface area contributed by atoms with Crippen molar-refractivity contribution in [1.29, 1.82) is 0 Å². The van der Waals surface area contributed by atoms with Crippen molar-refractivity contribution in [3.63, 3.8) is 0 Å². The molecule has 5 nitrogen and oxygen atoms in total. The van der Waals surface area contributed by atoms with Crippen molar-refractivity contribution in [2.75, 3.05) is 52.4 Å². The van der Waals surface area contributed by atoms with Crippen LogP contribution in [0.15, 0.2) is 0 Å². The molecule has 0 radical (unpaired) electrons. The lowest BCUT2D eigenvalue weighted by Crippen LogP contribution is -2.60. The zero-order valence-electron chi connectivity index (χ0n) is 14.4. The first-order valence-electron chi connectivity index (χ1n) is 8.28. The zero-order valence-corrected chi connectivity index (χ0v) is 14.4. The number of likely N-dealkylation sites (N-methyl/N-ethyl adjacent to an activating group) is 1. The van der Waals surface area contributed by atoms with Gasteiger partial charge >= 0.3 is 5.97 Å². The molecule has 0 aromatic carbocycles. The maximum absolute atomic E-state index is 12.2. The summed E-state index contributed by atoms with van der Waals surface area (Å²) in [6.07, 6.45) is 0. The molecule has 0 spiro atoms. The highest BCUT2D eigenvalue weighted by atomic mass is 16.5. The van der Waals surface area contributed by atoms with Gasteiger partial charge in [0.25, 0.3) is 0 Å². The second-order valence-corrected chi connectivity index (χ2v) is 6.55. The highest BCUT2D eigenvalue weighted by molar-refractivity contribution is 5.80. The van der Waals surface area contributed by atoms with Gasteiger partial charge in [0.05, 0.1) is 6.61 Å². The third-order valence-corrected chi connectivity index (χ3v) is 3.92. The van der Waals surface area contributed by atoms with Gasteiger partial charge in [0.1, 0.15) is 5.54 Å². The molecule has 1 fully saturated rings. The molecule has 1 rings (SSSR count). The van der Waals surface area contributed by atoms with Gasteiger partial charge in [-0.3, -0.25) is 9.69 Å². The Bertz CT molecular complexity index is 315. The second-order valence-electron chi connectivity index (χ2n) is 6.55. The quantitative estimate of drug-likeness (QED) is 0.682. The van der Waals surface area contributed by atoms with Crippen LogP contribution in [0, 0.1) is 5.92 Å².